The maximum absolute atomic E-state index is 12.2. The molecule has 4 nitrogen and oxygen atoms in total. The second-order valence-electron chi connectivity index (χ2n) is 4.88. The Balaban J connectivity index is 2.13. The van der Waals surface area contributed by atoms with Crippen LogP contribution >= 0.6 is 11.6 Å². The van der Waals surface area contributed by atoms with Crippen LogP contribution in [0, 0.1) is 6.92 Å². The smallest absolute Gasteiger partial charge is 0.228 e. The molecule has 0 aliphatic heterocycles. The molecule has 116 valence electrons. The van der Waals surface area contributed by atoms with Gasteiger partial charge in [0.05, 0.1) is 26.3 Å². The largest absolute Gasteiger partial charge is 0.497 e. The van der Waals surface area contributed by atoms with Gasteiger partial charge in [-0.2, -0.15) is 0 Å². The van der Waals surface area contributed by atoms with E-state index >= 15 is 0 Å². The summed E-state index contributed by atoms with van der Waals surface area (Å²) in [7, 11) is 3.14. The van der Waals surface area contributed by atoms with E-state index in [-0.39, 0.29) is 12.3 Å². The summed E-state index contributed by atoms with van der Waals surface area (Å²) < 4.78 is 10.4. The number of halogens is 1. The molecular formula is C17H18ClNO3. The number of benzene rings is 2. The highest BCUT2D eigenvalue weighted by Gasteiger charge is 2.11. The zero-order valence-electron chi connectivity index (χ0n) is 12.8. The Bertz CT molecular complexity index is 686. The van der Waals surface area contributed by atoms with E-state index in [4.69, 9.17) is 21.1 Å². The lowest BCUT2D eigenvalue weighted by molar-refractivity contribution is -0.115. The van der Waals surface area contributed by atoms with E-state index in [1.165, 1.54) is 0 Å². The molecule has 1 amide bonds. The number of carbonyl (C=O) groups excluding carboxylic acids is 1. The SMILES string of the molecule is COc1cccc(CC(=O)Nc2cc(C)c(Cl)cc2OC)c1. The molecule has 0 aromatic heterocycles. The maximum atomic E-state index is 12.2. The van der Waals surface area contributed by atoms with E-state index in [0.29, 0.717) is 16.5 Å². The first kappa shape index (κ1) is 16.2. The molecular weight excluding hydrogens is 302 g/mol. The fourth-order valence-corrected chi connectivity index (χ4v) is 2.25. The van der Waals surface area contributed by atoms with Crippen LogP contribution in [0.3, 0.4) is 0 Å². The van der Waals surface area contributed by atoms with E-state index in [1.807, 2.05) is 31.2 Å². The molecule has 2 aromatic carbocycles. The lowest BCUT2D eigenvalue weighted by Gasteiger charge is -2.12. The van der Waals surface area contributed by atoms with Crippen LogP contribution in [-0.4, -0.2) is 20.1 Å². The highest BCUT2D eigenvalue weighted by atomic mass is 35.5. The molecule has 0 atom stereocenters. The third-order valence-electron chi connectivity index (χ3n) is 3.25. The molecule has 0 radical (unpaired) electrons. The fraction of sp³-hybridized carbons (Fsp3) is 0.235. The van der Waals surface area contributed by atoms with Gasteiger partial charge in [-0.15, -0.1) is 0 Å². The van der Waals surface area contributed by atoms with Crippen molar-refractivity contribution in [3.8, 4) is 11.5 Å². The second-order valence-corrected chi connectivity index (χ2v) is 5.29. The molecule has 0 spiro atoms. The lowest BCUT2D eigenvalue weighted by Crippen LogP contribution is -2.15. The molecule has 0 bridgehead atoms. The third kappa shape index (κ3) is 3.92. The van der Waals surface area contributed by atoms with Crippen LogP contribution < -0.4 is 14.8 Å². The molecule has 0 unspecified atom stereocenters. The zero-order valence-corrected chi connectivity index (χ0v) is 13.5. The summed E-state index contributed by atoms with van der Waals surface area (Å²) in [4.78, 5) is 12.2. The quantitative estimate of drug-likeness (QED) is 0.910. The van der Waals surface area contributed by atoms with Crippen molar-refractivity contribution in [1.29, 1.82) is 0 Å². The predicted octanol–water partition coefficient (Wildman–Crippen LogP) is 3.85. The van der Waals surface area contributed by atoms with Crippen molar-refractivity contribution in [2.75, 3.05) is 19.5 Å². The van der Waals surface area contributed by atoms with Crippen molar-refractivity contribution in [3.63, 3.8) is 0 Å². The first-order valence-corrected chi connectivity index (χ1v) is 7.18. The number of carbonyl (C=O) groups is 1. The summed E-state index contributed by atoms with van der Waals surface area (Å²) >= 11 is 6.06. The molecule has 0 fully saturated rings. The number of anilines is 1. The van der Waals surface area contributed by atoms with Gasteiger partial charge in [-0.1, -0.05) is 23.7 Å². The minimum absolute atomic E-state index is 0.131. The monoisotopic (exact) mass is 319 g/mol. The van der Waals surface area contributed by atoms with Gasteiger partial charge < -0.3 is 14.8 Å². The molecule has 22 heavy (non-hydrogen) atoms. The Labute approximate surface area is 135 Å². The van der Waals surface area contributed by atoms with Crippen LogP contribution in [0.5, 0.6) is 11.5 Å². The van der Waals surface area contributed by atoms with Gasteiger partial charge in [-0.3, -0.25) is 4.79 Å². The topological polar surface area (TPSA) is 47.6 Å². The Morgan fingerprint density at radius 2 is 1.95 bits per heavy atom. The van der Waals surface area contributed by atoms with Gasteiger partial charge >= 0.3 is 0 Å². The second kappa shape index (κ2) is 7.18. The number of rotatable bonds is 5. The Kier molecular flexibility index (Phi) is 5.28. The Hall–Kier alpha value is -2.20. The number of methoxy groups -OCH3 is 2. The first-order valence-electron chi connectivity index (χ1n) is 6.80. The van der Waals surface area contributed by atoms with Gasteiger partial charge in [0.1, 0.15) is 11.5 Å². The molecule has 0 aliphatic rings. The Morgan fingerprint density at radius 3 is 2.64 bits per heavy atom. The van der Waals surface area contributed by atoms with Crippen molar-refractivity contribution in [3.05, 3.63) is 52.5 Å². The van der Waals surface area contributed by atoms with Crippen molar-refractivity contribution in [2.24, 2.45) is 0 Å². The van der Waals surface area contributed by atoms with E-state index in [1.54, 1.807) is 26.4 Å². The summed E-state index contributed by atoms with van der Waals surface area (Å²) in [6.07, 6.45) is 0.252. The summed E-state index contributed by atoms with van der Waals surface area (Å²) in [5.41, 5.74) is 2.36. The highest BCUT2D eigenvalue weighted by Crippen LogP contribution is 2.31. The van der Waals surface area contributed by atoms with Crippen molar-refractivity contribution in [1.82, 2.24) is 0 Å². The number of hydrogen-bond donors (Lipinski definition) is 1. The van der Waals surface area contributed by atoms with Crippen molar-refractivity contribution in [2.45, 2.75) is 13.3 Å². The fourth-order valence-electron chi connectivity index (χ4n) is 2.09. The van der Waals surface area contributed by atoms with Crippen molar-refractivity contribution < 1.29 is 14.3 Å². The first-order chi connectivity index (χ1) is 10.5. The lowest BCUT2D eigenvalue weighted by atomic mass is 10.1. The number of nitrogens with one attached hydrogen (secondary N) is 1. The average molecular weight is 320 g/mol. The van der Waals surface area contributed by atoms with E-state index in [0.717, 1.165) is 16.9 Å². The van der Waals surface area contributed by atoms with Gasteiger partial charge in [0.25, 0.3) is 0 Å². The number of aryl methyl sites for hydroxylation is 1. The van der Waals surface area contributed by atoms with E-state index in [9.17, 15) is 4.79 Å². The summed E-state index contributed by atoms with van der Waals surface area (Å²) in [5, 5.41) is 3.45. The number of hydrogen-bond acceptors (Lipinski definition) is 3. The number of amides is 1. The highest BCUT2D eigenvalue weighted by molar-refractivity contribution is 6.31. The minimum atomic E-state index is -0.131. The van der Waals surface area contributed by atoms with Crippen LogP contribution in [0.1, 0.15) is 11.1 Å². The molecule has 0 saturated heterocycles. The van der Waals surface area contributed by atoms with Crippen LogP contribution in [-0.2, 0) is 11.2 Å². The standard InChI is InChI=1S/C17H18ClNO3/c1-11-7-15(16(22-3)10-14(11)18)19-17(20)9-12-5-4-6-13(8-12)21-2/h4-8,10H,9H2,1-3H3,(H,19,20). The van der Waals surface area contributed by atoms with E-state index in [2.05, 4.69) is 5.32 Å². The molecule has 5 heteroatoms. The molecule has 1 N–H and O–H groups in total. The van der Waals surface area contributed by atoms with Crippen molar-refractivity contribution >= 4 is 23.2 Å². The van der Waals surface area contributed by atoms with Crippen LogP contribution in [0.4, 0.5) is 5.69 Å². The van der Waals surface area contributed by atoms with Crippen LogP contribution in [0.15, 0.2) is 36.4 Å². The summed E-state index contributed by atoms with van der Waals surface area (Å²) in [5.74, 6) is 1.13. The van der Waals surface area contributed by atoms with Gasteiger partial charge in [-0.05, 0) is 36.2 Å². The summed E-state index contributed by atoms with van der Waals surface area (Å²) in [6.45, 7) is 1.87. The molecule has 2 aromatic rings. The third-order valence-corrected chi connectivity index (χ3v) is 3.66. The number of ether oxygens (including phenoxy) is 2. The Morgan fingerprint density at radius 1 is 1.18 bits per heavy atom. The molecule has 0 heterocycles. The van der Waals surface area contributed by atoms with Crippen LogP contribution in [0.25, 0.3) is 0 Å². The molecule has 2 rings (SSSR count). The normalized spacial score (nSPS) is 10.2. The van der Waals surface area contributed by atoms with Gasteiger partial charge in [0.15, 0.2) is 0 Å². The average Bonchev–Trinajstić information content (AvgIpc) is 2.50. The molecule has 0 aliphatic carbocycles. The van der Waals surface area contributed by atoms with Gasteiger partial charge in [-0.25, -0.2) is 0 Å². The zero-order chi connectivity index (χ0) is 16.1. The summed E-state index contributed by atoms with van der Waals surface area (Å²) in [6, 6.07) is 10.9. The molecule has 0 saturated carbocycles. The van der Waals surface area contributed by atoms with Gasteiger partial charge in [0, 0.05) is 11.1 Å². The minimum Gasteiger partial charge on any atom is -0.497 e. The van der Waals surface area contributed by atoms with Gasteiger partial charge in [0.2, 0.25) is 5.91 Å². The predicted molar refractivity (Wildman–Crippen MR) is 88.1 cm³/mol. The van der Waals surface area contributed by atoms with E-state index < -0.39 is 0 Å². The maximum Gasteiger partial charge on any atom is 0.228 e. The van der Waals surface area contributed by atoms with Crippen LogP contribution in [0.2, 0.25) is 5.02 Å².